The van der Waals surface area contributed by atoms with E-state index in [4.69, 9.17) is 4.74 Å². The molecule has 17 heavy (non-hydrogen) atoms. The second kappa shape index (κ2) is 10.4. The molecule has 0 aromatic heterocycles. The van der Waals surface area contributed by atoms with Gasteiger partial charge in [-0.15, -0.1) is 0 Å². The first-order chi connectivity index (χ1) is 8.39. The van der Waals surface area contributed by atoms with Gasteiger partial charge >= 0.3 is 0 Å². The molecule has 1 rings (SSSR count). The van der Waals surface area contributed by atoms with E-state index in [0.29, 0.717) is 18.8 Å². The van der Waals surface area contributed by atoms with E-state index < -0.39 is 0 Å². The van der Waals surface area contributed by atoms with Gasteiger partial charge in [-0.2, -0.15) is 0 Å². The summed E-state index contributed by atoms with van der Waals surface area (Å²) < 4.78 is 5.35. The normalized spacial score (nSPS) is 22.0. The maximum atomic E-state index is 11.5. The molecule has 0 bridgehead atoms. The predicted octanol–water partition coefficient (Wildman–Crippen LogP) is 4.39. The first-order valence-electron chi connectivity index (χ1n) is 7.18. The molecule has 2 nitrogen and oxygen atoms in total. The summed E-state index contributed by atoms with van der Waals surface area (Å²) in [4.78, 5) is 11.5. The molecule has 1 aliphatic rings. The fourth-order valence-corrected chi connectivity index (χ4v) is 2.15. The van der Waals surface area contributed by atoms with Gasteiger partial charge in [-0.3, -0.25) is 4.79 Å². The third-order valence-corrected chi connectivity index (χ3v) is 3.24. The summed E-state index contributed by atoms with van der Waals surface area (Å²) in [5, 5.41) is 0. The highest BCUT2D eigenvalue weighted by Gasteiger charge is 2.01. The van der Waals surface area contributed by atoms with E-state index in [2.05, 4.69) is 6.08 Å². The minimum absolute atomic E-state index is 0.407. The zero-order valence-electron chi connectivity index (χ0n) is 11.0. The molecule has 1 aliphatic heterocycles. The summed E-state index contributed by atoms with van der Waals surface area (Å²) in [6, 6.07) is 0. The zero-order chi connectivity index (χ0) is 12.2. The van der Waals surface area contributed by atoms with E-state index in [1.54, 1.807) is 6.26 Å². The van der Waals surface area contributed by atoms with Crippen LogP contribution in [0.4, 0.5) is 0 Å². The number of ketones is 1. The lowest BCUT2D eigenvalue weighted by molar-refractivity contribution is -0.119. The molecule has 0 aromatic carbocycles. The van der Waals surface area contributed by atoms with Crippen LogP contribution in [0.15, 0.2) is 12.3 Å². The number of rotatable bonds is 0. The number of Topliss-reactive ketones (excluding diaryl/α,β-unsaturated/α-hetero) is 1. The maximum absolute atomic E-state index is 11.5. The van der Waals surface area contributed by atoms with E-state index in [1.165, 1.54) is 38.5 Å². The highest BCUT2D eigenvalue weighted by Crippen LogP contribution is 2.11. The largest absolute Gasteiger partial charge is 0.502 e. The quantitative estimate of drug-likeness (QED) is 0.625. The Kier molecular flexibility index (Phi) is 8.71. The molecule has 0 aliphatic carbocycles. The van der Waals surface area contributed by atoms with Crippen LogP contribution in [0.25, 0.3) is 0 Å². The molecular weight excluding hydrogens is 212 g/mol. The first kappa shape index (κ1) is 14.3. The fraction of sp³-hybridized carbons (Fsp3) is 0.800. The molecule has 98 valence electrons. The van der Waals surface area contributed by atoms with Crippen molar-refractivity contribution < 1.29 is 9.53 Å². The van der Waals surface area contributed by atoms with Gasteiger partial charge in [-0.1, -0.05) is 32.1 Å². The van der Waals surface area contributed by atoms with Gasteiger partial charge in [-0.05, 0) is 31.8 Å². The zero-order valence-corrected chi connectivity index (χ0v) is 11.0. The summed E-state index contributed by atoms with van der Waals surface area (Å²) >= 11 is 0. The van der Waals surface area contributed by atoms with Crippen LogP contribution in [0.2, 0.25) is 0 Å². The van der Waals surface area contributed by atoms with Crippen molar-refractivity contribution >= 4 is 5.78 Å². The minimum atomic E-state index is 0.407. The Balaban J connectivity index is 2.18. The summed E-state index contributed by atoms with van der Waals surface area (Å²) in [5.41, 5.74) is 0. The lowest BCUT2D eigenvalue weighted by Crippen LogP contribution is -2.00. The number of allylic oxidation sites excluding steroid dienone is 1. The van der Waals surface area contributed by atoms with E-state index >= 15 is 0 Å². The monoisotopic (exact) mass is 238 g/mol. The number of ether oxygens (including phenoxy) is 1. The fourth-order valence-electron chi connectivity index (χ4n) is 2.15. The Labute approximate surface area is 105 Å². The highest BCUT2D eigenvalue weighted by atomic mass is 16.5. The van der Waals surface area contributed by atoms with E-state index in [9.17, 15) is 4.79 Å². The summed E-state index contributed by atoms with van der Waals surface area (Å²) in [6.45, 7) is 0.683. The van der Waals surface area contributed by atoms with Crippen LogP contribution in [0.1, 0.15) is 70.6 Å². The predicted molar refractivity (Wildman–Crippen MR) is 70.9 cm³/mol. The topological polar surface area (TPSA) is 26.3 Å². The van der Waals surface area contributed by atoms with Crippen molar-refractivity contribution in [1.29, 1.82) is 0 Å². The molecule has 0 atom stereocenters. The van der Waals surface area contributed by atoms with Gasteiger partial charge < -0.3 is 4.74 Å². The van der Waals surface area contributed by atoms with Gasteiger partial charge in [0.05, 0.1) is 12.9 Å². The van der Waals surface area contributed by atoms with Crippen molar-refractivity contribution in [1.82, 2.24) is 0 Å². The number of hydrogen-bond donors (Lipinski definition) is 0. The van der Waals surface area contributed by atoms with Crippen molar-refractivity contribution in [3.8, 4) is 0 Å². The minimum Gasteiger partial charge on any atom is -0.502 e. The Morgan fingerprint density at radius 1 is 0.824 bits per heavy atom. The summed E-state index contributed by atoms with van der Waals surface area (Å²) in [7, 11) is 0. The molecule has 0 spiro atoms. The average Bonchev–Trinajstić information content (AvgIpc) is 2.32. The van der Waals surface area contributed by atoms with Crippen molar-refractivity contribution in [3.05, 3.63) is 12.3 Å². The van der Waals surface area contributed by atoms with Crippen LogP contribution in [-0.4, -0.2) is 12.4 Å². The highest BCUT2D eigenvalue weighted by molar-refractivity contribution is 5.78. The summed E-state index contributed by atoms with van der Waals surface area (Å²) in [5.74, 6) is 0.407. The van der Waals surface area contributed by atoms with Gasteiger partial charge in [0.25, 0.3) is 0 Å². The third kappa shape index (κ3) is 8.96. The van der Waals surface area contributed by atoms with Crippen molar-refractivity contribution in [2.45, 2.75) is 70.6 Å². The Morgan fingerprint density at radius 2 is 1.47 bits per heavy atom. The smallest absolute Gasteiger partial charge is 0.133 e. The SMILES string of the molecule is O=C1CCCCCCCCCC=COCCC1. The molecular formula is C15H26O2. The molecule has 0 saturated heterocycles. The molecule has 2 heteroatoms. The van der Waals surface area contributed by atoms with Gasteiger partial charge in [0.15, 0.2) is 0 Å². The van der Waals surface area contributed by atoms with E-state index in [0.717, 1.165) is 25.7 Å². The standard InChI is InChI=1S/C15H26O2/c16-15-11-8-6-4-2-1-3-5-7-9-13-17-14-10-12-15/h9,13H,1-8,10-12,14H2. The first-order valence-corrected chi connectivity index (χ1v) is 7.18. The van der Waals surface area contributed by atoms with E-state index in [1.807, 2.05) is 0 Å². The van der Waals surface area contributed by atoms with Crippen LogP contribution < -0.4 is 0 Å². The average molecular weight is 238 g/mol. The second-order valence-corrected chi connectivity index (χ2v) is 4.90. The van der Waals surface area contributed by atoms with Crippen LogP contribution >= 0.6 is 0 Å². The van der Waals surface area contributed by atoms with Crippen molar-refractivity contribution in [2.24, 2.45) is 0 Å². The third-order valence-electron chi connectivity index (χ3n) is 3.24. The Bertz CT molecular complexity index is 221. The molecule has 0 unspecified atom stereocenters. The summed E-state index contributed by atoms with van der Waals surface area (Å²) in [6.07, 6.45) is 16.2. The molecule has 1 heterocycles. The van der Waals surface area contributed by atoms with Crippen LogP contribution in [0, 0.1) is 0 Å². The van der Waals surface area contributed by atoms with Crippen LogP contribution in [0.3, 0.4) is 0 Å². The molecule has 0 fully saturated rings. The van der Waals surface area contributed by atoms with Crippen LogP contribution in [0.5, 0.6) is 0 Å². The van der Waals surface area contributed by atoms with Crippen molar-refractivity contribution in [2.75, 3.05) is 6.61 Å². The second-order valence-electron chi connectivity index (χ2n) is 4.90. The Morgan fingerprint density at radius 3 is 2.29 bits per heavy atom. The number of carbonyl (C=O) groups excluding carboxylic acids is 1. The maximum Gasteiger partial charge on any atom is 0.133 e. The number of carbonyl (C=O) groups is 1. The van der Waals surface area contributed by atoms with Crippen LogP contribution in [-0.2, 0) is 9.53 Å². The van der Waals surface area contributed by atoms with Gasteiger partial charge in [0.1, 0.15) is 5.78 Å². The van der Waals surface area contributed by atoms with Gasteiger partial charge in [0, 0.05) is 12.8 Å². The molecule has 0 N–H and O–H groups in total. The Hall–Kier alpha value is -0.790. The number of hydrogen-bond acceptors (Lipinski definition) is 2. The molecule has 0 amide bonds. The van der Waals surface area contributed by atoms with Gasteiger partial charge in [0.2, 0.25) is 0 Å². The molecule has 0 aromatic rings. The molecule has 0 saturated carbocycles. The lowest BCUT2D eigenvalue weighted by atomic mass is 10.0. The van der Waals surface area contributed by atoms with Crippen molar-refractivity contribution in [3.63, 3.8) is 0 Å². The molecule has 0 radical (unpaired) electrons. The lowest BCUT2D eigenvalue weighted by Gasteiger charge is -2.04. The van der Waals surface area contributed by atoms with Gasteiger partial charge in [-0.25, -0.2) is 0 Å². The van der Waals surface area contributed by atoms with E-state index in [-0.39, 0.29) is 0 Å².